The van der Waals surface area contributed by atoms with Crippen molar-refractivity contribution in [2.75, 3.05) is 0 Å². The van der Waals surface area contributed by atoms with Crippen molar-refractivity contribution >= 4 is 53.9 Å². The molecule has 0 radical (unpaired) electrons. The summed E-state index contributed by atoms with van der Waals surface area (Å²) in [5, 5.41) is 4.79. The van der Waals surface area contributed by atoms with E-state index in [0.717, 1.165) is 54.9 Å². The standard InChI is InChI=1S/C52H32F4/c53-49-47-41-29-39(43(31-17-5-1-6-18-31)32-19-7-2-8-20-32)35-25-13-15-27-37(35)45(41)46-38-28-16-14-26-36(38)40(30-42(46)48(47)50(54)52(56)51(49)55)44(33-21-9-3-10-22-33)34-23-11-4-12-24-34/h1-30,43-44H. The zero-order chi connectivity index (χ0) is 37.9. The summed E-state index contributed by atoms with van der Waals surface area (Å²) in [7, 11) is 0. The minimum atomic E-state index is -1.83. The molecular formula is C52H32F4. The summed E-state index contributed by atoms with van der Waals surface area (Å²) in [4.78, 5) is 0. The molecule has 0 amide bonds. The van der Waals surface area contributed by atoms with E-state index in [1.165, 1.54) is 0 Å². The van der Waals surface area contributed by atoms with Crippen LogP contribution in [0.1, 0.15) is 45.2 Å². The van der Waals surface area contributed by atoms with Crippen molar-refractivity contribution in [3.8, 4) is 0 Å². The van der Waals surface area contributed by atoms with Crippen molar-refractivity contribution < 1.29 is 17.6 Å². The Hall–Kier alpha value is -6.78. The Morgan fingerprint density at radius 3 is 0.821 bits per heavy atom. The van der Waals surface area contributed by atoms with Crippen molar-refractivity contribution in [3.63, 3.8) is 0 Å². The summed E-state index contributed by atoms with van der Waals surface area (Å²) < 4.78 is 64.9. The second-order valence-corrected chi connectivity index (χ2v) is 14.4. The summed E-state index contributed by atoms with van der Waals surface area (Å²) in [5.74, 6) is -7.12. The Balaban J connectivity index is 1.44. The molecule has 0 saturated carbocycles. The van der Waals surface area contributed by atoms with E-state index >= 15 is 17.6 Å². The molecule has 0 nitrogen and oxygen atoms in total. The van der Waals surface area contributed by atoms with Gasteiger partial charge in [0, 0.05) is 22.6 Å². The lowest BCUT2D eigenvalue weighted by Gasteiger charge is -2.25. The van der Waals surface area contributed by atoms with Gasteiger partial charge in [-0.15, -0.1) is 0 Å². The number of hydrogen-bond donors (Lipinski definition) is 0. The van der Waals surface area contributed by atoms with Crippen LogP contribution in [0.15, 0.2) is 182 Å². The van der Waals surface area contributed by atoms with Gasteiger partial charge in [-0.25, -0.2) is 17.6 Å². The molecule has 4 heteroatoms. The van der Waals surface area contributed by atoms with Gasteiger partial charge in [-0.1, -0.05) is 170 Å². The maximum absolute atomic E-state index is 16.8. The van der Waals surface area contributed by atoms with E-state index in [0.29, 0.717) is 21.5 Å². The van der Waals surface area contributed by atoms with Crippen LogP contribution < -0.4 is 0 Å². The third-order valence-electron chi connectivity index (χ3n) is 11.4. The highest BCUT2D eigenvalue weighted by atomic mass is 19.2. The summed E-state index contributed by atoms with van der Waals surface area (Å²) in [6.07, 6.45) is 0. The van der Waals surface area contributed by atoms with E-state index < -0.39 is 23.3 Å². The summed E-state index contributed by atoms with van der Waals surface area (Å²) in [6.45, 7) is 0. The molecule has 56 heavy (non-hydrogen) atoms. The lowest BCUT2D eigenvalue weighted by Crippen LogP contribution is -2.07. The van der Waals surface area contributed by atoms with Gasteiger partial charge < -0.3 is 0 Å². The van der Waals surface area contributed by atoms with Crippen LogP contribution in [0.3, 0.4) is 0 Å². The van der Waals surface area contributed by atoms with E-state index in [1.807, 2.05) is 121 Å². The Labute approximate surface area is 320 Å². The smallest absolute Gasteiger partial charge is 0.198 e. The molecule has 0 aromatic heterocycles. The van der Waals surface area contributed by atoms with Crippen molar-refractivity contribution in [1.82, 2.24) is 0 Å². The molecule has 268 valence electrons. The molecule has 0 bridgehead atoms. The minimum Gasteiger partial charge on any atom is -0.203 e. The molecule has 0 aliphatic heterocycles. The lowest BCUT2D eigenvalue weighted by molar-refractivity contribution is 0.418. The van der Waals surface area contributed by atoms with Crippen molar-refractivity contribution in [1.29, 1.82) is 0 Å². The molecule has 0 fully saturated rings. The van der Waals surface area contributed by atoms with Gasteiger partial charge in [-0.3, -0.25) is 0 Å². The van der Waals surface area contributed by atoms with Gasteiger partial charge in [0.15, 0.2) is 23.3 Å². The SMILES string of the molecule is Fc1c(F)c(F)c2c3cc(C(c4ccccc4)c4ccccc4)c4ccccc4c3c3c4ccccc4c(C(c4ccccc4)c4ccccc4)cc3c2c1F. The van der Waals surface area contributed by atoms with E-state index in [9.17, 15) is 0 Å². The molecular weight excluding hydrogens is 701 g/mol. The van der Waals surface area contributed by atoms with Crippen LogP contribution in [0.25, 0.3) is 53.9 Å². The Morgan fingerprint density at radius 1 is 0.250 bits per heavy atom. The lowest BCUT2D eigenvalue weighted by atomic mass is 9.78. The van der Waals surface area contributed by atoms with E-state index in [-0.39, 0.29) is 22.6 Å². The van der Waals surface area contributed by atoms with Gasteiger partial charge in [0.25, 0.3) is 0 Å². The average molecular weight is 733 g/mol. The fraction of sp³-hybridized carbons (Fsp3) is 0.0385. The number of benzene rings is 10. The van der Waals surface area contributed by atoms with Crippen LogP contribution in [0.5, 0.6) is 0 Å². The van der Waals surface area contributed by atoms with Crippen molar-refractivity contribution in [2.24, 2.45) is 0 Å². The summed E-state index contributed by atoms with van der Waals surface area (Å²) >= 11 is 0. The maximum Gasteiger partial charge on any atom is 0.198 e. The van der Waals surface area contributed by atoms with Crippen molar-refractivity contribution in [3.05, 3.63) is 239 Å². The number of fused-ring (bicyclic) bond motifs is 10. The van der Waals surface area contributed by atoms with Crippen LogP contribution in [-0.2, 0) is 0 Å². The fourth-order valence-electron chi connectivity index (χ4n) is 9.04. The molecule has 10 aromatic carbocycles. The van der Waals surface area contributed by atoms with Crippen molar-refractivity contribution in [2.45, 2.75) is 11.8 Å². The highest BCUT2D eigenvalue weighted by Crippen LogP contribution is 2.50. The second-order valence-electron chi connectivity index (χ2n) is 14.4. The van der Waals surface area contributed by atoms with Gasteiger partial charge in [0.2, 0.25) is 0 Å². The second kappa shape index (κ2) is 13.5. The highest BCUT2D eigenvalue weighted by molar-refractivity contribution is 6.37. The topological polar surface area (TPSA) is 0 Å². The van der Waals surface area contributed by atoms with Gasteiger partial charge in [-0.2, -0.15) is 0 Å². The highest BCUT2D eigenvalue weighted by Gasteiger charge is 2.30. The third-order valence-corrected chi connectivity index (χ3v) is 11.4. The van der Waals surface area contributed by atoms with Crippen LogP contribution in [-0.4, -0.2) is 0 Å². The van der Waals surface area contributed by atoms with Crippen LogP contribution >= 0.6 is 0 Å². The average Bonchev–Trinajstić information content (AvgIpc) is 3.26. The molecule has 0 saturated heterocycles. The first kappa shape index (κ1) is 33.8. The van der Waals surface area contributed by atoms with Gasteiger partial charge >= 0.3 is 0 Å². The third kappa shape index (κ3) is 5.20. The molecule has 10 rings (SSSR count). The molecule has 0 N–H and O–H groups in total. The van der Waals surface area contributed by atoms with E-state index in [1.54, 1.807) is 0 Å². The molecule has 0 aliphatic rings. The number of hydrogen-bond acceptors (Lipinski definition) is 0. The number of rotatable bonds is 6. The quantitative estimate of drug-likeness (QED) is 0.0525. The molecule has 10 aromatic rings. The molecule has 0 heterocycles. The minimum absolute atomic E-state index is 0.284. The van der Waals surface area contributed by atoms with E-state index in [2.05, 4.69) is 60.7 Å². The van der Waals surface area contributed by atoms with Crippen LogP contribution in [0.2, 0.25) is 0 Å². The first-order valence-electron chi connectivity index (χ1n) is 18.7. The van der Waals surface area contributed by atoms with E-state index in [4.69, 9.17) is 0 Å². The molecule has 0 atom stereocenters. The number of halogens is 4. The predicted molar refractivity (Wildman–Crippen MR) is 221 cm³/mol. The first-order valence-corrected chi connectivity index (χ1v) is 18.7. The van der Waals surface area contributed by atoms with Gasteiger partial charge in [0.1, 0.15) is 0 Å². The Morgan fingerprint density at radius 2 is 0.518 bits per heavy atom. The largest absolute Gasteiger partial charge is 0.203 e. The zero-order valence-corrected chi connectivity index (χ0v) is 30.0. The molecule has 0 unspecified atom stereocenters. The fourth-order valence-corrected chi connectivity index (χ4v) is 9.04. The Bertz CT molecular complexity index is 2810. The van der Waals surface area contributed by atoms with Crippen LogP contribution in [0, 0.1) is 23.3 Å². The molecule has 0 spiro atoms. The monoisotopic (exact) mass is 732 g/mol. The first-order chi connectivity index (χ1) is 27.5. The summed E-state index contributed by atoms with van der Waals surface area (Å²) in [5.41, 5.74) is 5.68. The molecule has 0 aliphatic carbocycles. The normalized spacial score (nSPS) is 11.9. The predicted octanol–water partition coefficient (Wildman–Crippen LogP) is 14.4. The van der Waals surface area contributed by atoms with Crippen LogP contribution in [0.4, 0.5) is 17.6 Å². The summed E-state index contributed by atoms with van der Waals surface area (Å²) in [6, 6.07) is 59.7. The zero-order valence-electron chi connectivity index (χ0n) is 30.0. The maximum atomic E-state index is 16.8. The van der Waals surface area contributed by atoms with Gasteiger partial charge in [-0.05, 0) is 88.6 Å². The Kier molecular flexibility index (Phi) is 8.14. The van der Waals surface area contributed by atoms with Gasteiger partial charge in [0.05, 0.1) is 0 Å².